The first-order chi connectivity index (χ1) is 13.1. The predicted molar refractivity (Wildman–Crippen MR) is 106 cm³/mol. The normalized spacial score (nSPS) is 23.8. The van der Waals surface area contributed by atoms with Crippen LogP contribution in [0.1, 0.15) is 25.3 Å². The van der Waals surface area contributed by atoms with Gasteiger partial charge in [0, 0.05) is 67.2 Å². The maximum Gasteiger partial charge on any atom is 0.219 e. The SMILES string of the molecule is CC(=O)N1CCC(=N[C@H]2CCOC2)C(=C(N)c2cccc3ncccc23)C1. The number of hydrogen-bond acceptors (Lipinski definition) is 5. The van der Waals surface area contributed by atoms with E-state index in [-0.39, 0.29) is 11.9 Å². The highest BCUT2D eigenvalue weighted by Crippen LogP contribution is 2.27. The molecule has 2 aliphatic rings. The highest BCUT2D eigenvalue weighted by Gasteiger charge is 2.26. The number of fused-ring (bicyclic) bond motifs is 1. The second kappa shape index (κ2) is 7.48. The van der Waals surface area contributed by atoms with Crippen molar-refractivity contribution in [3.05, 3.63) is 47.7 Å². The minimum Gasteiger partial charge on any atom is -0.398 e. The Balaban J connectivity index is 1.81. The number of aliphatic imine (C=N–C) groups is 1. The van der Waals surface area contributed by atoms with E-state index in [4.69, 9.17) is 15.5 Å². The first kappa shape index (κ1) is 17.7. The molecule has 2 aromatic rings. The summed E-state index contributed by atoms with van der Waals surface area (Å²) in [5, 5.41) is 1.01. The summed E-state index contributed by atoms with van der Waals surface area (Å²) >= 11 is 0. The number of carbonyl (C=O) groups excluding carboxylic acids is 1. The van der Waals surface area contributed by atoms with Crippen LogP contribution in [0, 0.1) is 0 Å². The second-order valence-electron chi connectivity index (χ2n) is 7.05. The largest absolute Gasteiger partial charge is 0.398 e. The molecular formula is C21H24N4O2. The molecule has 140 valence electrons. The molecule has 2 saturated heterocycles. The Labute approximate surface area is 158 Å². The van der Waals surface area contributed by atoms with Crippen molar-refractivity contribution in [2.45, 2.75) is 25.8 Å². The van der Waals surface area contributed by atoms with Gasteiger partial charge in [0.05, 0.1) is 18.2 Å². The van der Waals surface area contributed by atoms with Gasteiger partial charge in [0.25, 0.3) is 0 Å². The zero-order valence-electron chi connectivity index (χ0n) is 15.5. The summed E-state index contributed by atoms with van der Waals surface area (Å²) in [7, 11) is 0. The van der Waals surface area contributed by atoms with Gasteiger partial charge in [0.1, 0.15) is 0 Å². The van der Waals surface area contributed by atoms with E-state index in [0.29, 0.717) is 25.4 Å². The van der Waals surface area contributed by atoms with Gasteiger partial charge in [-0.05, 0) is 18.6 Å². The third-order valence-electron chi connectivity index (χ3n) is 5.27. The van der Waals surface area contributed by atoms with Crippen molar-refractivity contribution in [3.63, 3.8) is 0 Å². The van der Waals surface area contributed by atoms with E-state index in [9.17, 15) is 4.79 Å². The number of hydrogen-bond donors (Lipinski definition) is 1. The summed E-state index contributed by atoms with van der Waals surface area (Å²) in [4.78, 5) is 23.2. The van der Waals surface area contributed by atoms with Gasteiger partial charge < -0.3 is 15.4 Å². The van der Waals surface area contributed by atoms with Crippen LogP contribution in [0.4, 0.5) is 0 Å². The zero-order chi connectivity index (χ0) is 18.8. The lowest BCUT2D eigenvalue weighted by atomic mass is 9.94. The summed E-state index contributed by atoms with van der Waals surface area (Å²) in [6.07, 6.45) is 3.43. The molecule has 6 nitrogen and oxygen atoms in total. The third kappa shape index (κ3) is 3.57. The number of nitrogens with two attached hydrogens (primary N) is 1. The van der Waals surface area contributed by atoms with Gasteiger partial charge in [-0.15, -0.1) is 0 Å². The molecule has 0 unspecified atom stereocenters. The van der Waals surface area contributed by atoms with E-state index in [2.05, 4.69) is 4.98 Å². The minimum absolute atomic E-state index is 0.0585. The molecular weight excluding hydrogens is 340 g/mol. The van der Waals surface area contributed by atoms with Gasteiger partial charge in [-0.3, -0.25) is 14.8 Å². The standard InChI is InChI=1S/C21H24N4O2/c1-14(26)25-10-7-20(24-15-8-11-27-13-15)18(12-25)21(22)17-4-2-6-19-16(17)5-3-9-23-19/h2-6,9,15H,7-8,10-13,22H2,1H3/t15-/m0/s1. The average Bonchev–Trinajstić information content (AvgIpc) is 3.20. The maximum atomic E-state index is 12.0. The monoisotopic (exact) mass is 364 g/mol. The van der Waals surface area contributed by atoms with Gasteiger partial charge in [-0.1, -0.05) is 18.2 Å². The van der Waals surface area contributed by atoms with Crippen LogP contribution >= 0.6 is 0 Å². The molecule has 4 rings (SSSR count). The number of likely N-dealkylation sites (tertiary alicyclic amines) is 1. The summed E-state index contributed by atoms with van der Waals surface area (Å²) in [5.74, 6) is 0.0585. The van der Waals surface area contributed by atoms with Crippen molar-refractivity contribution in [1.29, 1.82) is 0 Å². The van der Waals surface area contributed by atoms with Crippen molar-refractivity contribution in [1.82, 2.24) is 9.88 Å². The molecule has 2 fully saturated rings. The fourth-order valence-electron chi connectivity index (χ4n) is 3.75. The van der Waals surface area contributed by atoms with Crippen molar-refractivity contribution in [3.8, 4) is 0 Å². The summed E-state index contributed by atoms with van der Waals surface area (Å²) in [5.41, 5.74) is 11.1. The van der Waals surface area contributed by atoms with Gasteiger partial charge in [0.15, 0.2) is 0 Å². The molecule has 0 bridgehead atoms. The molecule has 0 saturated carbocycles. The summed E-state index contributed by atoms with van der Waals surface area (Å²) in [6, 6.07) is 10.1. The Kier molecular flexibility index (Phi) is 4.90. The number of benzene rings is 1. The fourth-order valence-corrected chi connectivity index (χ4v) is 3.75. The molecule has 1 aromatic heterocycles. The van der Waals surface area contributed by atoms with Crippen LogP contribution in [0.2, 0.25) is 0 Å². The zero-order valence-corrected chi connectivity index (χ0v) is 15.5. The number of amides is 1. The number of aromatic nitrogens is 1. The first-order valence-corrected chi connectivity index (χ1v) is 9.36. The quantitative estimate of drug-likeness (QED) is 0.887. The molecule has 0 aliphatic carbocycles. The summed E-state index contributed by atoms with van der Waals surface area (Å²) in [6.45, 7) is 4.18. The minimum atomic E-state index is 0.0585. The lowest BCUT2D eigenvalue weighted by Crippen LogP contribution is -2.40. The molecule has 0 spiro atoms. The number of pyridine rings is 1. The third-order valence-corrected chi connectivity index (χ3v) is 5.27. The van der Waals surface area contributed by atoms with Crippen molar-refractivity contribution in [2.75, 3.05) is 26.3 Å². The Morgan fingerprint density at radius 3 is 3.00 bits per heavy atom. The average molecular weight is 364 g/mol. The predicted octanol–water partition coefficient (Wildman–Crippen LogP) is 2.39. The van der Waals surface area contributed by atoms with Gasteiger partial charge in [0.2, 0.25) is 5.91 Å². The van der Waals surface area contributed by atoms with Crippen molar-refractivity contribution < 1.29 is 9.53 Å². The van der Waals surface area contributed by atoms with E-state index in [1.54, 1.807) is 13.1 Å². The molecule has 3 heterocycles. The van der Waals surface area contributed by atoms with Gasteiger partial charge in [-0.2, -0.15) is 0 Å². The van der Waals surface area contributed by atoms with E-state index in [0.717, 1.165) is 47.2 Å². The van der Waals surface area contributed by atoms with E-state index < -0.39 is 0 Å². The van der Waals surface area contributed by atoms with Crippen LogP contribution in [-0.4, -0.2) is 53.8 Å². The number of ether oxygens (including phenoxy) is 1. The molecule has 0 radical (unpaired) electrons. The van der Waals surface area contributed by atoms with Crippen LogP contribution in [0.15, 0.2) is 47.1 Å². The number of rotatable bonds is 2. The molecule has 1 atom stereocenters. The Bertz CT molecular complexity index is 923. The lowest BCUT2D eigenvalue weighted by molar-refractivity contribution is -0.128. The molecule has 2 aliphatic heterocycles. The van der Waals surface area contributed by atoms with Gasteiger partial charge >= 0.3 is 0 Å². The number of nitrogens with zero attached hydrogens (tertiary/aromatic N) is 3. The first-order valence-electron chi connectivity index (χ1n) is 9.36. The van der Waals surface area contributed by atoms with E-state index in [1.807, 2.05) is 35.2 Å². The van der Waals surface area contributed by atoms with Crippen molar-refractivity contribution >= 4 is 28.2 Å². The van der Waals surface area contributed by atoms with E-state index in [1.165, 1.54) is 0 Å². The Hall–Kier alpha value is -2.73. The van der Waals surface area contributed by atoms with Crippen LogP contribution in [-0.2, 0) is 9.53 Å². The molecule has 1 aromatic carbocycles. The fraction of sp³-hybridized carbons (Fsp3) is 0.381. The smallest absolute Gasteiger partial charge is 0.219 e. The Morgan fingerprint density at radius 1 is 1.33 bits per heavy atom. The Morgan fingerprint density at radius 2 is 2.22 bits per heavy atom. The van der Waals surface area contributed by atoms with Crippen LogP contribution < -0.4 is 5.73 Å². The van der Waals surface area contributed by atoms with Gasteiger partial charge in [-0.25, -0.2) is 0 Å². The van der Waals surface area contributed by atoms with Crippen molar-refractivity contribution in [2.24, 2.45) is 10.7 Å². The number of piperidine rings is 1. The van der Waals surface area contributed by atoms with Crippen LogP contribution in [0.5, 0.6) is 0 Å². The van der Waals surface area contributed by atoms with E-state index >= 15 is 0 Å². The molecule has 2 N–H and O–H groups in total. The molecule has 1 amide bonds. The number of carbonyl (C=O) groups is 1. The van der Waals surface area contributed by atoms with Crippen LogP contribution in [0.25, 0.3) is 16.6 Å². The second-order valence-corrected chi connectivity index (χ2v) is 7.05. The lowest BCUT2D eigenvalue weighted by Gasteiger charge is -2.30. The molecule has 6 heteroatoms. The highest BCUT2D eigenvalue weighted by atomic mass is 16.5. The summed E-state index contributed by atoms with van der Waals surface area (Å²) < 4.78 is 5.47. The maximum absolute atomic E-state index is 12.0. The highest BCUT2D eigenvalue weighted by molar-refractivity contribution is 6.09. The topological polar surface area (TPSA) is 80.8 Å². The molecule has 27 heavy (non-hydrogen) atoms. The van der Waals surface area contributed by atoms with Crippen LogP contribution in [0.3, 0.4) is 0 Å².